The van der Waals surface area contributed by atoms with E-state index >= 15 is 0 Å². The van der Waals surface area contributed by atoms with Crippen molar-refractivity contribution in [3.63, 3.8) is 0 Å². The number of hydrogen-bond acceptors (Lipinski definition) is 9. The van der Waals surface area contributed by atoms with Crippen LogP contribution in [0.3, 0.4) is 0 Å². The summed E-state index contributed by atoms with van der Waals surface area (Å²) < 4.78 is 0. The van der Waals surface area contributed by atoms with Crippen LogP contribution in [0.25, 0.3) is 36.5 Å². The Morgan fingerprint density at radius 3 is 0.609 bits per heavy atom. The molecule has 7 aromatic rings. The summed E-state index contributed by atoms with van der Waals surface area (Å²) in [5, 5.41) is 26.9. The molecule has 0 aliphatic carbocycles. The minimum atomic E-state index is 0.799. The largest absolute Gasteiger partial charge is 0.372 e. The minimum Gasteiger partial charge on any atom is -0.372 e. The molecule has 0 aliphatic rings. The van der Waals surface area contributed by atoms with Gasteiger partial charge in [0.05, 0.1) is 34.1 Å². The molecule has 0 saturated heterocycles. The van der Waals surface area contributed by atoms with Crippen molar-refractivity contribution in [2.45, 2.75) is 41.5 Å². The zero-order valence-electron chi connectivity index (χ0n) is 40.8. The highest BCUT2D eigenvalue weighted by Gasteiger charge is 2.05. The van der Waals surface area contributed by atoms with Crippen LogP contribution in [0.4, 0.5) is 51.2 Å². The Kier molecular flexibility index (Phi) is 17.8. The summed E-state index contributed by atoms with van der Waals surface area (Å²) in [6.45, 7) is 18.8. The number of hydrogen-bond donors (Lipinski definition) is 0. The molecule has 0 aliphatic heterocycles. The molecule has 0 radical (unpaired) electrons. The quantitative estimate of drug-likeness (QED) is 0.0532. The van der Waals surface area contributed by atoms with Crippen LogP contribution >= 0.6 is 0 Å². The highest BCUT2D eigenvalue weighted by molar-refractivity contribution is 5.79. The fraction of sp³-hybridized carbons (Fsp3) is 0.200. The summed E-state index contributed by atoms with van der Waals surface area (Å²) in [7, 11) is 0. The number of anilines is 3. The molecule has 0 aromatic heterocycles. The van der Waals surface area contributed by atoms with E-state index in [1.165, 1.54) is 17.1 Å². The summed E-state index contributed by atoms with van der Waals surface area (Å²) >= 11 is 0. The molecular formula is C60H63N9. The molecule has 9 heteroatoms. The SMILES string of the molecule is CCN(CC)c1ccc(N=Nc2ccc(/C=C/c3cc(/C=C/c4ccc(N=Nc5ccc(N(CC)CC)cc5)cc4)cc(/C=C/c4ccc(N=Nc5ccc(N(CC)CC)cc5)cc4)c3)cc2)cc1. The summed E-state index contributed by atoms with van der Waals surface area (Å²) in [5.74, 6) is 0. The summed E-state index contributed by atoms with van der Waals surface area (Å²) in [5.41, 5.74) is 14.9. The smallest absolute Gasteiger partial charge is 0.0858 e. The number of rotatable bonds is 21. The third-order valence-corrected chi connectivity index (χ3v) is 11.9. The van der Waals surface area contributed by atoms with E-state index in [4.69, 9.17) is 0 Å². The van der Waals surface area contributed by atoms with Gasteiger partial charge in [-0.3, -0.25) is 0 Å². The van der Waals surface area contributed by atoms with Gasteiger partial charge in [-0.25, -0.2) is 0 Å². The van der Waals surface area contributed by atoms with Crippen molar-refractivity contribution < 1.29 is 0 Å². The Morgan fingerprint density at radius 2 is 0.420 bits per heavy atom. The first-order chi connectivity index (χ1) is 33.8. The molecule has 0 amide bonds. The van der Waals surface area contributed by atoms with Crippen molar-refractivity contribution in [3.05, 3.63) is 197 Å². The molecule has 0 N–H and O–H groups in total. The van der Waals surface area contributed by atoms with E-state index in [0.717, 1.165) is 107 Å². The van der Waals surface area contributed by atoms with Gasteiger partial charge in [-0.1, -0.05) is 72.9 Å². The van der Waals surface area contributed by atoms with E-state index in [1.54, 1.807) is 0 Å². The van der Waals surface area contributed by atoms with Crippen LogP contribution in [0.1, 0.15) is 74.9 Å². The molecule has 0 fully saturated rings. The Bertz CT molecular complexity index is 2520. The van der Waals surface area contributed by atoms with Crippen molar-refractivity contribution in [2.75, 3.05) is 54.0 Å². The molecule has 69 heavy (non-hydrogen) atoms. The average molecular weight is 910 g/mol. The van der Waals surface area contributed by atoms with Gasteiger partial charge in [0.25, 0.3) is 0 Å². The highest BCUT2D eigenvalue weighted by atomic mass is 15.1. The highest BCUT2D eigenvalue weighted by Crippen LogP contribution is 2.27. The normalized spacial score (nSPS) is 11.9. The third kappa shape index (κ3) is 14.5. The monoisotopic (exact) mass is 910 g/mol. The lowest BCUT2D eigenvalue weighted by atomic mass is 10.0. The molecule has 7 rings (SSSR count). The number of azo groups is 3. The maximum absolute atomic E-state index is 4.49. The summed E-state index contributed by atoms with van der Waals surface area (Å²) in [4.78, 5) is 6.93. The van der Waals surface area contributed by atoms with E-state index in [-0.39, 0.29) is 0 Å². The molecular weight excluding hydrogens is 847 g/mol. The van der Waals surface area contributed by atoms with Gasteiger partial charge in [0.2, 0.25) is 0 Å². The van der Waals surface area contributed by atoms with E-state index in [1.807, 2.05) is 72.8 Å². The molecule has 0 heterocycles. The minimum absolute atomic E-state index is 0.799. The number of nitrogens with zero attached hydrogens (tertiary/aromatic N) is 9. The van der Waals surface area contributed by atoms with Crippen molar-refractivity contribution in [1.82, 2.24) is 0 Å². The molecule has 0 unspecified atom stereocenters. The van der Waals surface area contributed by atoms with Gasteiger partial charge in [-0.05, 0) is 202 Å². The molecule has 348 valence electrons. The zero-order valence-corrected chi connectivity index (χ0v) is 40.8. The predicted molar refractivity (Wildman–Crippen MR) is 295 cm³/mol. The van der Waals surface area contributed by atoms with Gasteiger partial charge >= 0.3 is 0 Å². The second-order valence-electron chi connectivity index (χ2n) is 16.4. The topological polar surface area (TPSA) is 83.9 Å². The maximum Gasteiger partial charge on any atom is 0.0858 e. The van der Waals surface area contributed by atoms with Crippen LogP contribution in [-0.4, -0.2) is 39.3 Å². The van der Waals surface area contributed by atoms with Crippen molar-refractivity contribution >= 4 is 87.6 Å². The standard InChI is InChI=1S/C60H63N9/c1-7-67(8-2)58-37-31-55(32-38-58)64-61-52-25-19-46(20-26-52)13-16-49-43-50(17-14-47-21-27-53(28-22-47)62-65-56-33-39-59(40-34-56)68(9-3)10-4)45-51(44-49)18-15-48-23-29-54(30-24-48)63-66-57-35-41-60(42-36-57)69(11-5)12-6/h13-45H,7-12H2,1-6H3/b16-13+,17-14+,18-15+,64-61?,65-62?,66-63?. The Balaban J connectivity index is 1.05. The van der Waals surface area contributed by atoms with E-state index in [0.29, 0.717) is 0 Å². The van der Waals surface area contributed by atoms with Crippen LogP contribution < -0.4 is 14.7 Å². The molecule has 0 saturated carbocycles. The van der Waals surface area contributed by atoms with Crippen molar-refractivity contribution in [3.8, 4) is 0 Å². The Hall–Kier alpha value is -8.04. The lowest BCUT2D eigenvalue weighted by molar-refractivity contribution is 0.866. The summed E-state index contributed by atoms with van der Waals surface area (Å²) in [6.07, 6.45) is 12.8. The van der Waals surface area contributed by atoms with Gasteiger partial charge in [0.1, 0.15) is 0 Å². The zero-order chi connectivity index (χ0) is 48.2. The van der Waals surface area contributed by atoms with Gasteiger partial charge in [-0.2, -0.15) is 30.7 Å². The third-order valence-electron chi connectivity index (χ3n) is 11.9. The first kappa shape index (κ1) is 48.9. The van der Waals surface area contributed by atoms with Gasteiger partial charge in [-0.15, -0.1) is 0 Å². The van der Waals surface area contributed by atoms with Gasteiger partial charge in [0, 0.05) is 56.3 Å². The van der Waals surface area contributed by atoms with E-state index in [9.17, 15) is 0 Å². The first-order valence-corrected chi connectivity index (χ1v) is 24.1. The Labute approximate surface area is 409 Å². The van der Waals surface area contributed by atoms with Crippen LogP contribution in [0.15, 0.2) is 194 Å². The fourth-order valence-electron chi connectivity index (χ4n) is 7.83. The molecule has 0 bridgehead atoms. The number of benzene rings is 7. The van der Waals surface area contributed by atoms with Crippen LogP contribution in [-0.2, 0) is 0 Å². The van der Waals surface area contributed by atoms with Crippen LogP contribution in [0.2, 0.25) is 0 Å². The molecule has 0 spiro atoms. The first-order valence-electron chi connectivity index (χ1n) is 24.1. The second-order valence-corrected chi connectivity index (χ2v) is 16.4. The van der Waals surface area contributed by atoms with Crippen LogP contribution in [0, 0.1) is 0 Å². The lowest BCUT2D eigenvalue weighted by Crippen LogP contribution is -2.21. The second kappa shape index (κ2) is 25.2. The average Bonchev–Trinajstić information content (AvgIpc) is 3.40. The van der Waals surface area contributed by atoms with Crippen LogP contribution in [0.5, 0.6) is 0 Å². The molecule has 0 atom stereocenters. The predicted octanol–water partition coefficient (Wildman–Crippen LogP) is 18.0. The van der Waals surface area contributed by atoms with E-state index < -0.39 is 0 Å². The van der Waals surface area contributed by atoms with Gasteiger partial charge < -0.3 is 14.7 Å². The molecule has 9 nitrogen and oxygen atoms in total. The van der Waals surface area contributed by atoms with Crippen molar-refractivity contribution in [2.24, 2.45) is 30.7 Å². The van der Waals surface area contributed by atoms with E-state index in [2.05, 4.69) is 214 Å². The maximum atomic E-state index is 4.49. The lowest BCUT2D eigenvalue weighted by Gasteiger charge is -2.20. The molecule has 7 aromatic carbocycles. The van der Waals surface area contributed by atoms with Gasteiger partial charge in [0.15, 0.2) is 0 Å². The Morgan fingerprint density at radius 1 is 0.246 bits per heavy atom. The summed E-state index contributed by atoms with van der Waals surface area (Å²) in [6, 6.07) is 55.6. The fourth-order valence-corrected chi connectivity index (χ4v) is 7.83. The van der Waals surface area contributed by atoms with Crippen molar-refractivity contribution in [1.29, 1.82) is 0 Å².